The van der Waals surface area contributed by atoms with Gasteiger partial charge in [0, 0.05) is 30.6 Å². The van der Waals surface area contributed by atoms with Crippen LogP contribution < -0.4 is 15.4 Å². The van der Waals surface area contributed by atoms with Gasteiger partial charge in [0.15, 0.2) is 0 Å². The Morgan fingerprint density at radius 1 is 1.24 bits per heavy atom. The molecule has 3 aromatic rings. The van der Waals surface area contributed by atoms with Gasteiger partial charge in [-0.3, -0.25) is 4.79 Å². The van der Waals surface area contributed by atoms with Crippen LogP contribution in [0.1, 0.15) is 71.5 Å². The van der Waals surface area contributed by atoms with Gasteiger partial charge in [-0.05, 0) is 61.4 Å². The van der Waals surface area contributed by atoms with Crippen molar-refractivity contribution in [3.05, 3.63) is 82.7 Å². The van der Waals surface area contributed by atoms with E-state index in [-0.39, 0.29) is 23.9 Å². The lowest BCUT2D eigenvalue weighted by atomic mass is 9.72. The molecule has 1 aliphatic carbocycles. The quantitative estimate of drug-likeness (QED) is 0.408. The van der Waals surface area contributed by atoms with E-state index in [1.54, 1.807) is 18.2 Å². The van der Waals surface area contributed by atoms with E-state index >= 15 is 0 Å². The molecule has 1 saturated carbocycles. The molecule has 2 heterocycles. The summed E-state index contributed by atoms with van der Waals surface area (Å²) >= 11 is 0. The van der Waals surface area contributed by atoms with Crippen molar-refractivity contribution in [3.8, 4) is 11.8 Å². The third kappa shape index (κ3) is 5.53. The van der Waals surface area contributed by atoms with Crippen molar-refractivity contribution in [2.75, 3.05) is 6.54 Å². The number of ether oxygens (including phenoxy) is 1. The highest BCUT2D eigenvalue weighted by Crippen LogP contribution is 2.49. The molecule has 1 amide bonds. The lowest BCUT2D eigenvalue weighted by molar-refractivity contribution is -0.0382. The summed E-state index contributed by atoms with van der Waals surface area (Å²) in [6, 6.07) is 16.6. The first kappa shape index (κ1) is 25.0. The van der Waals surface area contributed by atoms with Crippen molar-refractivity contribution in [3.63, 3.8) is 0 Å². The smallest absolute Gasteiger partial charge is 0.290 e. The second-order valence-corrected chi connectivity index (χ2v) is 10.1. The molecule has 3 atom stereocenters. The van der Waals surface area contributed by atoms with E-state index in [4.69, 9.17) is 9.26 Å². The van der Waals surface area contributed by atoms with Crippen LogP contribution in [-0.4, -0.2) is 40.5 Å². The zero-order valence-electron chi connectivity index (χ0n) is 20.9. The van der Waals surface area contributed by atoms with Crippen LogP contribution in [0.5, 0.6) is 5.75 Å². The predicted molar refractivity (Wildman–Crippen MR) is 137 cm³/mol. The summed E-state index contributed by atoms with van der Waals surface area (Å²) in [4.78, 5) is 12.8. The molecule has 0 bridgehead atoms. The van der Waals surface area contributed by atoms with Gasteiger partial charge in [-0.1, -0.05) is 36.3 Å². The summed E-state index contributed by atoms with van der Waals surface area (Å²) < 4.78 is 11.4. The summed E-state index contributed by atoms with van der Waals surface area (Å²) in [5, 5.41) is 30.7. The average Bonchev–Trinajstić information content (AvgIpc) is 3.45. The number of fused-ring (bicyclic) bond motifs is 1. The first-order valence-electron chi connectivity index (χ1n) is 12.9. The van der Waals surface area contributed by atoms with Gasteiger partial charge in [0.05, 0.1) is 30.0 Å². The van der Waals surface area contributed by atoms with Crippen LogP contribution in [0, 0.1) is 11.3 Å². The maximum absolute atomic E-state index is 12.8. The van der Waals surface area contributed by atoms with Crippen molar-refractivity contribution in [1.29, 1.82) is 5.26 Å². The molecule has 0 radical (unpaired) electrons. The molecule has 1 fully saturated rings. The summed E-state index contributed by atoms with van der Waals surface area (Å²) in [5.41, 5.74) is 3.60. The molecule has 37 heavy (non-hydrogen) atoms. The Labute approximate surface area is 216 Å². The zero-order chi connectivity index (χ0) is 25.8. The van der Waals surface area contributed by atoms with Crippen LogP contribution in [0.3, 0.4) is 0 Å². The number of aliphatic hydroxyl groups excluding tert-OH is 1. The fourth-order valence-corrected chi connectivity index (χ4v) is 5.28. The molecular formula is C29H32N4O4. The summed E-state index contributed by atoms with van der Waals surface area (Å²) in [6.07, 6.45) is 5.88. The number of nitrogens with zero attached hydrogens (tertiary/aromatic N) is 2. The van der Waals surface area contributed by atoms with Gasteiger partial charge in [-0.15, -0.1) is 0 Å². The van der Waals surface area contributed by atoms with Gasteiger partial charge >= 0.3 is 0 Å². The minimum atomic E-state index is -0.893. The maximum Gasteiger partial charge on any atom is 0.290 e. The Balaban J connectivity index is 1.33. The molecule has 192 valence electrons. The summed E-state index contributed by atoms with van der Waals surface area (Å²) in [5.74, 6) is 0.544. The van der Waals surface area contributed by atoms with Crippen LogP contribution in [0.4, 0.5) is 0 Å². The Morgan fingerprint density at radius 2 is 2.11 bits per heavy atom. The number of nitrogens with one attached hydrogen (secondary N) is 2. The summed E-state index contributed by atoms with van der Waals surface area (Å²) in [6.45, 7) is 2.41. The second kappa shape index (κ2) is 10.8. The van der Waals surface area contributed by atoms with Crippen molar-refractivity contribution in [2.24, 2.45) is 0 Å². The van der Waals surface area contributed by atoms with Gasteiger partial charge in [-0.2, -0.15) is 5.26 Å². The molecule has 1 aromatic heterocycles. The monoisotopic (exact) mass is 500 g/mol. The Bertz CT molecular complexity index is 1280. The van der Waals surface area contributed by atoms with Crippen LogP contribution in [0.2, 0.25) is 0 Å². The first-order valence-corrected chi connectivity index (χ1v) is 12.9. The van der Waals surface area contributed by atoms with Crippen LogP contribution in [0.25, 0.3) is 0 Å². The van der Waals surface area contributed by atoms with Gasteiger partial charge in [0.2, 0.25) is 5.76 Å². The lowest BCUT2D eigenvalue weighted by Gasteiger charge is -2.48. The minimum Gasteiger partial charge on any atom is -0.487 e. The van der Waals surface area contributed by atoms with Gasteiger partial charge in [-0.25, -0.2) is 0 Å². The number of hydrogen-bond donors (Lipinski definition) is 3. The van der Waals surface area contributed by atoms with E-state index < -0.39 is 18.1 Å². The summed E-state index contributed by atoms with van der Waals surface area (Å²) in [7, 11) is 0. The highest BCUT2D eigenvalue weighted by Gasteiger charge is 2.45. The zero-order valence-corrected chi connectivity index (χ0v) is 20.9. The number of aliphatic hydroxyl groups is 1. The fourth-order valence-electron chi connectivity index (χ4n) is 5.28. The van der Waals surface area contributed by atoms with Crippen LogP contribution in [0.15, 0.2) is 59.3 Å². The number of amides is 1. The molecule has 2 aromatic carbocycles. The number of nitriles is 1. The molecule has 2 aliphatic rings. The number of benzene rings is 2. The average molecular weight is 501 g/mol. The minimum absolute atomic E-state index is 0.0396. The van der Waals surface area contributed by atoms with E-state index in [9.17, 15) is 15.2 Å². The molecule has 5 rings (SSSR count). The highest BCUT2D eigenvalue weighted by molar-refractivity contribution is 5.91. The lowest BCUT2D eigenvalue weighted by Crippen LogP contribution is -2.52. The van der Waals surface area contributed by atoms with E-state index in [2.05, 4.69) is 47.0 Å². The first-order chi connectivity index (χ1) is 18.0. The van der Waals surface area contributed by atoms with E-state index in [0.717, 1.165) is 49.0 Å². The number of carbonyl (C=O) groups is 1. The van der Waals surface area contributed by atoms with Gasteiger partial charge < -0.3 is 25.0 Å². The topological polar surface area (TPSA) is 120 Å². The number of aromatic nitrogens is 1. The van der Waals surface area contributed by atoms with Crippen molar-refractivity contribution in [2.45, 2.75) is 69.2 Å². The van der Waals surface area contributed by atoms with E-state index in [0.29, 0.717) is 12.0 Å². The van der Waals surface area contributed by atoms with E-state index in [1.807, 2.05) is 6.07 Å². The highest BCUT2D eigenvalue weighted by atomic mass is 16.5. The van der Waals surface area contributed by atoms with Gasteiger partial charge in [0.25, 0.3) is 5.91 Å². The normalized spacial score (nSPS) is 19.1. The third-order valence-electron chi connectivity index (χ3n) is 7.55. The second-order valence-electron chi connectivity index (χ2n) is 10.1. The van der Waals surface area contributed by atoms with Crippen LogP contribution >= 0.6 is 0 Å². The Kier molecular flexibility index (Phi) is 7.26. The third-order valence-corrected chi connectivity index (χ3v) is 7.55. The largest absolute Gasteiger partial charge is 0.487 e. The van der Waals surface area contributed by atoms with E-state index in [1.165, 1.54) is 17.8 Å². The standard InChI is InChI=1S/C29H32N4O4/c1-2-19-7-8-26-22(14-19)24(16-29(36-26)10-4-11-29)31-18-25(34)23(33-28(35)27-9-12-32-37-27)15-20-5-3-6-21(13-20)17-30/h3,5-9,12-14,23-25,31,34H,2,4,10-11,15-16,18H2,1H3,(H,33,35)/t23-,24-,25-/m0/s1. The van der Waals surface area contributed by atoms with Crippen molar-refractivity contribution in [1.82, 2.24) is 15.8 Å². The molecular weight excluding hydrogens is 468 g/mol. The molecule has 1 aliphatic heterocycles. The van der Waals surface area contributed by atoms with Crippen LogP contribution in [-0.2, 0) is 12.8 Å². The molecule has 3 N–H and O–H groups in total. The molecule has 0 saturated heterocycles. The SMILES string of the molecule is CCc1ccc2c(c1)[C@@H](NC[C@H](O)[C@H](Cc1cccc(C#N)c1)NC(=O)c1ccno1)CC1(CCC1)O2. The predicted octanol–water partition coefficient (Wildman–Crippen LogP) is 3.85. The number of hydrogen-bond acceptors (Lipinski definition) is 7. The number of carbonyl (C=O) groups excluding carboxylic acids is 1. The molecule has 8 nitrogen and oxygen atoms in total. The van der Waals surface area contributed by atoms with Crippen molar-refractivity contribution >= 4 is 5.91 Å². The molecule has 1 spiro atoms. The number of aryl methyl sites for hydroxylation is 1. The fraction of sp³-hybridized carbons (Fsp3) is 0.414. The maximum atomic E-state index is 12.8. The Hall–Kier alpha value is -3.67. The number of rotatable bonds is 9. The molecule has 8 heteroatoms. The van der Waals surface area contributed by atoms with Crippen molar-refractivity contribution < 1.29 is 19.2 Å². The van der Waals surface area contributed by atoms with Gasteiger partial charge in [0.1, 0.15) is 11.4 Å². The molecule has 0 unspecified atom stereocenters. The Morgan fingerprint density at radius 3 is 2.81 bits per heavy atom.